The van der Waals surface area contributed by atoms with Crippen molar-refractivity contribution in [1.29, 1.82) is 0 Å². The Kier molecular flexibility index (Phi) is 6.93. The molecule has 10 nitrogen and oxygen atoms in total. The number of nitrogens with two attached hydrogens (primary N) is 1. The largest absolute Gasteiger partial charge is 0.511 e. The predicted octanol–water partition coefficient (Wildman–Crippen LogP) is 1.98. The lowest BCUT2D eigenvalue weighted by Crippen LogP contribution is -2.57. The van der Waals surface area contributed by atoms with Gasteiger partial charge >= 0.3 is 0 Å². The van der Waals surface area contributed by atoms with Gasteiger partial charge in [0.1, 0.15) is 22.8 Å². The molecule has 3 aliphatic carbocycles. The van der Waals surface area contributed by atoms with Crippen molar-refractivity contribution in [3.8, 4) is 5.75 Å². The number of aliphatic hydroxyl groups excluding tert-OH is 2. The molecule has 0 fully saturated rings. The number of aromatic hydroxyl groups is 1. The van der Waals surface area contributed by atoms with E-state index in [1.807, 2.05) is 37.2 Å². The highest BCUT2D eigenvalue weighted by atomic mass is 16.3. The van der Waals surface area contributed by atoms with E-state index in [1.54, 1.807) is 0 Å². The number of carbonyl (C=O) groups excluding carboxylic acids is 3. The van der Waals surface area contributed by atoms with Crippen LogP contribution in [0.4, 0.5) is 5.69 Å². The van der Waals surface area contributed by atoms with Crippen molar-refractivity contribution in [2.24, 2.45) is 17.6 Å². The van der Waals surface area contributed by atoms with E-state index in [0.29, 0.717) is 18.7 Å². The van der Waals surface area contributed by atoms with E-state index < -0.39 is 52.0 Å². The van der Waals surface area contributed by atoms with Gasteiger partial charge in [-0.25, -0.2) is 0 Å². The summed E-state index contributed by atoms with van der Waals surface area (Å²) >= 11 is 0. The Labute approximate surface area is 231 Å². The number of hydrogen-bond donors (Lipinski definition) is 6. The second-order valence-corrected chi connectivity index (χ2v) is 11.0. The molecule has 2 aromatic carbocycles. The molecule has 2 aromatic rings. The van der Waals surface area contributed by atoms with Gasteiger partial charge in [0.15, 0.2) is 11.4 Å². The average molecular weight is 548 g/mol. The average Bonchev–Trinajstić information content (AvgIpc) is 2.88. The maximum atomic E-state index is 13.8. The monoisotopic (exact) mass is 547 g/mol. The summed E-state index contributed by atoms with van der Waals surface area (Å²) in [6.07, 6.45) is 0.917. The quantitative estimate of drug-likeness (QED) is 0.224. The maximum Gasteiger partial charge on any atom is 0.255 e. The van der Waals surface area contributed by atoms with Crippen molar-refractivity contribution < 1.29 is 34.8 Å². The fraction of sp³-hybridized carbons (Fsp3) is 0.367. The lowest BCUT2D eigenvalue weighted by atomic mass is 9.60. The molecule has 3 atom stereocenters. The van der Waals surface area contributed by atoms with Crippen LogP contribution in [0.3, 0.4) is 0 Å². The molecule has 10 heteroatoms. The highest BCUT2D eigenvalue weighted by molar-refractivity contribution is 6.24. The molecule has 0 aromatic heterocycles. The van der Waals surface area contributed by atoms with Crippen molar-refractivity contribution in [1.82, 2.24) is 5.32 Å². The van der Waals surface area contributed by atoms with E-state index in [0.717, 1.165) is 17.7 Å². The molecule has 1 amide bonds. The third-order valence-corrected chi connectivity index (χ3v) is 8.31. The van der Waals surface area contributed by atoms with Crippen LogP contribution in [0.1, 0.15) is 39.9 Å². The lowest BCUT2D eigenvalue weighted by Gasteiger charge is -2.46. The minimum Gasteiger partial charge on any atom is -0.511 e. The summed E-state index contributed by atoms with van der Waals surface area (Å²) in [7, 11) is 3.70. The summed E-state index contributed by atoms with van der Waals surface area (Å²) in [6, 6.07) is 11.6. The number of nitrogens with one attached hydrogen (secondary N) is 1. The number of rotatable bonds is 7. The third kappa shape index (κ3) is 4.24. The maximum absolute atomic E-state index is 13.8. The number of ketones is 2. The first-order chi connectivity index (χ1) is 19.0. The van der Waals surface area contributed by atoms with Gasteiger partial charge in [-0.1, -0.05) is 30.3 Å². The van der Waals surface area contributed by atoms with Gasteiger partial charge in [0, 0.05) is 44.2 Å². The first kappa shape index (κ1) is 27.4. The van der Waals surface area contributed by atoms with Crippen molar-refractivity contribution in [2.45, 2.75) is 37.8 Å². The first-order valence-corrected chi connectivity index (χ1v) is 13.2. The van der Waals surface area contributed by atoms with Crippen LogP contribution in [0, 0.1) is 11.8 Å². The number of phenols is 1. The number of allylic oxidation sites excluding steroid dienone is 2. The van der Waals surface area contributed by atoms with Gasteiger partial charge in [-0.2, -0.15) is 0 Å². The number of carbonyl (C=O) groups is 3. The number of anilines is 1. The van der Waals surface area contributed by atoms with Crippen molar-refractivity contribution in [3.05, 3.63) is 81.3 Å². The van der Waals surface area contributed by atoms with Gasteiger partial charge in [-0.3, -0.25) is 14.4 Å². The topological polar surface area (TPSA) is 173 Å². The zero-order valence-corrected chi connectivity index (χ0v) is 22.4. The fourth-order valence-corrected chi connectivity index (χ4v) is 6.54. The van der Waals surface area contributed by atoms with Gasteiger partial charge in [0.05, 0.1) is 5.56 Å². The summed E-state index contributed by atoms with van der Waals surface area (Å²) in [5.74, 6) is -6.35. The molecule has 0 radical (unpaired) electrons. The number of aliphatic hydroxyl groups is 3. The van der Waals surface area contributed by atoms with E-state index >= 15 is 0 Å². The number of hydrogen-bond acceptors (Lipinski definition) is 9. The number of Topliss-reactive ketones (excluding diaryl/α,β-unsaturated/α-hetero) is 2. The Morgan fingerprint density at radius 2 is 1.82 bits per heavy atom. The van der Waals surface area contributed by atoms with Gasteiger partial charge in [0.25, 0.3) is 5.91 Å². The second kappa shape index (κ2) is 10.1. The molecule has 210 valence electrons. The van der Waals surface area contributed by atoms with Gasteiger partial charge in [-0.05, 0) is 54.5 Å². The SMILES string of the molecule is CN(C)c1c(CNCCc2ccccc2)cc(O)c2c1CC1C[C@H]3CC(O)=C(C(N)=O)C(=O)[C@@]3(O)C(O)=C1C2=O. The molecule has 0 spiro atoms. The normalized spacial score (nSPS) is 24.0. The zero-order chi connectivity index (χ0) is 28.9. The molecule has 0 bridgehead atoms. The molecular formula is C30H33N3O7. The summed E-state index contributed by atoms with van der Waals surface area (Å²) in [5, 5.41) is 47.4. The first-order valence-electron chi connectivity index (χ1n) is 13.2. The molecule has 3 aliphatic rings. The fourth-order valence-electron chi connectivity index (χ4n) is 6.54. The van der Waals surface area contributed by atoms with Crippen LogP contribution in [-0.2, 0) is 29.0 Å². The summed E-state index contributed by atoms with van der Waals surface area (Å²) in [5.41, 5.74) is 5.12. The molecule has 0 saturated carbocycles. The minimum absolute atomic E-state index is 0.00774. The van der Waals surface area contributed by atoms with Crippen molar-refractivity contribution in [2.75, 3.05) is 25.5 Å². The van der Waals surface area contributed by atoms with Crippen LogP contribution < -0.4 is 16.0 Å². The molecule has 7 N–H and O–H groups in total. The highest BCUT2D eigenvalue weighted by Crippen LogP contribution is 2.52. The van der Waals surface area contributed by atoms with E-state index in [1.165, 1.54) is 11.6 Å². The Bertz CT molecular complexity index is 1480. The zero-order valence-electron chi connectivity index (χ0n) is 22.4. The highest BCUT2D eigenvalue weighted by Gasteiger charge is 2.59. The van der Waals surface area contributed by atoms with Gasteiger partial charge in [0.2, 0.25) is 5.78 Å². The van der Waals surface area contributed by atoms with Gasteiger partial charge in [-0.15, -0.1) is 0 Å². The Morgan fingerprint density at radius 1 is 1.12 bits per heavy atom. The van der Waals surface area contributed by atoms with Crippen LogP contribution >= 0.6 is 0 Å². The third-order valence-electron chi connectivity index (χ3n) is 8.31. The molecule has 1 unspecified atom stereocenters. The van der Waals surface area contributed by atoms with Crippen LogP contribution in [0.15, 0.2) is 59.1 Å². The smallest absolute Gasteiger partial charge is 0.255 e. The lowest BCUT2D eigenvalue weighted by molar-refractivity contribution is -0.144. The van der Waals surface area contributed by atoms with Crippen molar-refractivity contribution >= 4 is 23.2 Å². The predicted molar refractivity (Wildman–Crippen MR) is 147 cm³/mol. The standard InChI is InChI=1S/C30H33N3O7/c1-33(2)25-17(14-32-9-8-15-6-4-3-5-7-15)12-20(34)23-19(25)11-16-10-18-13-21(35)24(29(31)39)28(38)30(18,40)27(37)22(16)26(23)36/h3-7,12,16,18,32,34-35,37,40H,8-11,13-14H2,1-2H3,(H2,31,39)/t16?,18-,30-/m0/s1. The molecule has 0 saturated heterocycles. The number of primary amides is 1. The number of phenolic OH excluding ortho intramolecular Hbond substituents is 1. The Hall–Kier alpha value is -4.15. The molecule has 0 aliphatic heterocycles. The van der Waals surface area contributed by atoms with E-state index in [9.17, 15) is 34.8 Å². The second-order valence-electron chi connectivity index (χ2n) is 11.0. The number of fused-ring (bicyclic) bond motifs is 3. The van der Waals surface area contributed by atoms with Crippen molar-refractivity contribution in [3.63, 3.8) is 0 Å². The molecule has 5 rings (SSSR count). The molecular weight excluding hydrogens is 514 g/mol. The Balaban J connectivity index is 1.51. The van der Waals surface area contributed by atoms with E-state index in [4.69, 9.17) is 5.73 Å². The van der Waals surface area contributed by atoms with E-state index in [-0.39, 0.29) is 36.1 Å². The minimum atomic E-state index is -2.57. The van der Waals surface area contributed by atoms with Crippen LogP contribution in [0.2, 0.25) is 0 Å². The van der Waals surface area contributed by atoms with Crippen LogP contribution in [0.5, 0.6) is 5.75 Å². The summed E-state index contributed by atoms with van der Waals surface area (Å²) in [6.45, 7) is 1.15. The van der Waals surface area contributed by atoms with E-state index in [2.05, 4.69) is 17.4 Å². The summed E-state index contributed by atoms with van der Waals surface area (Å²) < 4.78 is 0. The Morgan fingerprint density at radius 3 is 2.48 bits per heavy atom. The van der Waals surface area contributed by atoms with Gasteiger partial charge < -0.3 is 36.4 Å². The molecule has 40 heavy (non-hydrogen) atoms. The summed E-state index contributed by atoms with van der Waals surface area (Å²) in [4.78, 5) is 40.6. The van der Waals surface area contributed by atoms with Crippen LogP contribution in [-0.4, -0.2) is 64.1 Å². The number of amides is 1. The number of nitrogens with zero attached hydrogens (tertiary/aromatic N) is 1. The molecule has 0 heterocycles. The number of benzene rings is 2. The van der Waals surface area contributed by atoms with Crippen LogP contribution in [0.25, 0.3) is 0 Å².